The summed E-state index contributed by atoms with van der Waals surface area (Å²) in [5.74, 6) is 0.119. The Morgan fingerprint density at radius 2 is 1.84 bits per heavy atom. The predicted molar refractivity (Wildman–Crippen MR) is 69.6 cm³/mol. The van der Waals surface area contributed by atoms with E-state index >= 15 is 0 Å². The number of nitrogens with one attached hydrogen (secondary N) is 3. The zero-order chi connectivity index (χ0) is 14.0. The summed E-state index contributed by atoms with van der Waals surface area (Å²) in [5.41, 5.74) is -0.0480. The molecule has 4 N–H and O–H groups in total. The number of rotatable bonds is 3. The van der Waals surface area contributed by atoms with Crippen LogP contribution < -0.4 is 11.0 Å². The second-order valence-electron chi connectivity index (χ2n) is 3.47. The molecule has 1 aromatic heterocycles. The lowest BCUT2D eigenvalue weighted by Crippen LogP contribution is -2.14. The van der Waals surface area contributed by atoms with E-state index in [-0.39, 0.29) is 15.6 Å². The van der Waals surface area contributed by atoms with Crippen molar-refractivity contribution < 1.29 is 13.0 Å². The average molecular weight is 300 g/mol. The molecule has 0 radical (unpaired) electrons. The van der Waals surface area contributed by atoms with E-state index in [9.17, 15) is 13.2 Å². The van der Waals surface area contributed by atoms with Crippen LogP contribution in [0.3, 0.4) is 0 Å². The third-order valence-corrected chi connectivity index (χ3v) is 3.14. The summed E-state index contributed by atoms with van der Waals surface area (Å²) in [7, 11) is -4.23. The summed E-state index contributed by atoms with van der Waals surface area (Å²) in [5, 5.41) is 2.73. The number of hydrogen-bond acceptors (Lipinski definition) is 6. The third kappa shape index (κ3) is 3.47. The highest BCUT2D eigenvalue weighted by atomic mass is 32.2. The molecule has 0 saturated carbocycles. The molecule has 0 aliphatic heterocycles. The SMILES string of the molecule is O=c1[nH]c(Nc2ccc(S(=O)(=O)O)cc2)nc(=S)[nH]1. The van der Waals surface area contributed by atoms with Gasteiger partial charge < -0.3 is 5.32 Å². The lowest BCUT2D eigenvalue weighted by atomic mass is 10.3. The second-order valence-corrected chi connectivity index (χ2v) is 5.28. The Kier molecular flexibility index (Phi) is 3.46. The number of H-pyrrole nitrogens is 2. The Morgan fingerprint density at radius 3 is 2.37 bits per heavy atom. The molecule has 1 aromatic carbocycles. The molecule has 1 heterocycles. The summed E-state index contributed by atoms with van der Waals surface area (Å²) in [4.78, 5) is 19.3. The molecule has 0 amide bonds. The minimum absolute atomic E-state index is 0.0146. The van der Waals surface area contributed by atoms with Crippen LogP contribution in [0.1, 0.15) is 0 Å². The van der Waals surface area contributed by atoms with Crippen LogP contribution in [0.25, 0.3) is 0 Å². The summed E-state index contributed by atoms with van der Waals surface area (Å²) < 4.78 is 30.5. The highest BCUT2D eigenvalue weighted by Gasteiger charge is 2.08. The fourth-order valence-electron chi connectivity index (χ4n) is 1.30. The summed E-state index contributed by atoms with van der Waals surface area (Å²) in [6.07, 6.45) is 0. The molecular weight excluding hydrogens is 292 g/mol. The molecule has 2 aromatic rings. The van der Waals surface area contributed by atoms with Crippen molar-refractivity contribution in [2.45, 2.75) is 4.90 Å². The fourth-order valence-corrected chi connectivity index (χ4v) is 1.96. The highest BCUT2D eigenvalue weighted by molar-refractivity contribution is 7.85. The Morgan fingerprint density at radius 1 is 1.21 bits per heavy atom. The molecule has 0 aliphatic rings. The first-order valence-corrected chi connectivity index (χ1v) is 6.75. The van der Waals surface area contributed by atoms with Gasteiger partial charge in [0.1, 0.15) is 0 Å². The van der Waals surface area contributed by atoms with E-state index in [0.29, 0.717) is 5.69 Å². The summed E-state index contributed by atoms with van der Waals surface area (Å²) in [6.45, 7) is 0. The largest absolute Gasteiger partial charge is 0.327 e. The van der Waals surface area contributed by atoms with E-state index in [4.69, 9.17) is 16.8 Å². The number of anilines is 2. The van der Waals surface area contributed by atoms with Crippen LogP contribution in [0.4, 0.5) is 11.6 Å². The smallest absolute Gasteiger partial charge is 0.326 e. The van der Waals surface area contributed by atoms with Crippen LogP contribution in [-0.2, 0) is 10.1 Å². The van der Waals surface area contributed by atoms with Crippen molar-refractivity contribution in [2.75, 3.05) is 5.32 Å². The van der Waals surface area contributed by atoms with Gasteiger partial charge in [0.2, 0.25) is 10.7 Å². The maximum absolute atomic E-state index is 11.1. The molecule has 19 heavy (non-hydrogen) atoms. The molecule has 2 rings (SSSR count). The van der Waals surface area contributed by atoms with E-state index in [1.54, 1.807) is 0 Å². The minimum Gasteiger partial charge on any atom is -0.326 e. The van der Waals surface area contributed by atoms with E-state index in [1.165, 1.54) is 24.3 Å². The van der Waals surface area contributed by atoms with Crippen LogP contribution in [0.5, 0.6) is 0 Å². The number of nitrogens with zero attached hydrogens (tertiary/aromatic N) is 1. The van der Waals surface area contributed by atoms with Crippen LogP contribution in [0.15, 0.2) is 34.0 Å². The van der Waals surface area contributed by atoms with Crippen molar-refractivity contribution in [1.82, 2.24) is 15.0 Å². The number of benzene rings is 1. The van der Waals surface area contributed by atoms with Gasteiger partial charge in [0.05, 0.1) is 4.90 Å². The Bertz CT molecular complexity index is 779. The van der Waals surface area contributed by atoms with Crippen molar-refractivity contribution in [3.05, 3.63) is 39.5 Å². The van der Waals surface area contributed by atoms with Crippen molar-refractivity contribution in [3.8, 4) is 0 Å². The Hall–Kier alpha value is -2.04. The van der Waals surface area contributed by atoms with Crippen molar-refractivity contribution in [2.24, 2.45) is 0 Å². The fraction of sp³-hybridized carbons (Fsp3) is 0. The molecular formula is C9H8N4O4S2. The lowest BCUT2D eigenvalue weighted by molar-refractivity contribution is 0.483. The van der Waals surface area contributed by atoms with Gasteiger partial charge in [0, 0.05) is 5.69 Å². The first-order chi connectivity index (χ1) is 8.84. The predicted octanol–water partition coefficient (Wildman–Crippen LogP) is 0.818. The normalized spacial score (nSPS) is 11.2. The maximum Gasteiger partial charge on any atom is 0.327 e. The molecule has 8 nitrogen and oxygen atoms in total. The van der Waals surface area contributed by atoms with Crippen molar-refractivity contribution in [3.63, 3.8) is 0 Å². The summed E-state index contributed by atoms with van der Waals surface area (Å²) in [6, 6.07) is 5.23. The molecule has 0 spiro atoms. The van der Waals surface area contributed by atoms with Gasteiger partial charge in [-0.2, -0.15) is 13.4 Å². The monoisotopic (exact) mass is 300 g/mol. The van der Waals surface area contributed by atoms with Gasteiger partial charge in [-0.05, 0) is 36.5 Å². The average Bonchev–Trinajstić information content (AvgIpc) is 2.26. The molecule has 10 heteroatoms. The highest BCUT2D eigenvalue weighted by Crippen LogP contribution is 2.15. The van der Waals surface area contributed by atoms with Crippen LogP contribution in [-0.4, -0.2) is 27.9 Å². The van der Waals surface area contributed by atoms with Crippen molar-refractivity contribution in [1.29, 1.82) is 0 Å². The number of hydrogen-bond donors (Lipinski definition) is 4. The topological polar surface area (TPSA) is 128 Å². The maximum atomic E-state index is 11.1. The Balaban J connectivity index is 2.29. The third-order valence-electron chi connectivity index (χ3n) is 2.08. The van der Waals surface area contributed by atoms with Crippen molar-refractivity contribution >= 4 is 34.0 Å². The molecule has 0 fully saturated rings. The molecule has 0 atom stereocenters. The molecule has 0 bridgehead atoms. The second kappa shape index (κ2) is 4.91. The quantitative estimate of drug-likeness (QED) is 0.488. The first-order valence-electron chi connectivity index (χ1n) is 4.90. The molecule has 0 aliphatic carbocycles. The van der Waals surface area contributed by atoms with Gasteiger partial charge in [-0.1, -0.05) is 0 Å². The van der Waals surface area contributed by atoms with Crippen LogP contribution >= 0.6 is 12.2 Å². The van der Waals surface area contributed by atoms with Gasteiger partial charge in [0.15, 0.2) is 0 Å². The Labute approximate surface area is 112 Å². The summed E-state index contributed by atoms with van der Waals surface area (Å²) >= 11 is 4.73. The lowest BCUT2D eigenvalue weighted by Gasteiger charge is -2.05. The van der Waals surface area contributed by atoms with Gasteiger partial charge in [0.25, 0.3) is 10.1 Å². The van der Waals surface area contributed by atoms with Gasteiger partial charge >= 0.3 is 5.69 Å². The standard InChI is InChI=1S/C9H8N4O4S2/c14-8-11-7(12-9(18)13-8)10-5-1-3-6(4-2-5)19(15,16)17/h1-4H,(H,15,16,17)(H3,10,11,12,13,14,18). The van der Waals surface area contributed by atoms with Gasteiger partial charge in [-0.15, -0.1) is 0 Å². The molecule has 0 unspecified atom stereocenters. The zero-order valence-corrected chi connectivity index (χ0v) is 10.9. The van der Waals surface area contributed by atoms with E-state index < -0.39 is 15.8 Å². The minimum atomic E-state index is -4.23. The molecule has 0 saturated heterocycles. The van der Waals surface area contributed by atoms with Gasteiger partial charge in [-0.25, -0.2) is 4.79 Å². The molecule has 100 valence electrons. The number of aromatic nitrogens is 3. The van der Waals surface area contributed by atoms with E-state index in [1.807, 2.05) is 0 Å². The first kappa shape index (κ1) is 13.4. The van der Waals surface area contributed by atoms with Crippen LogP contribution in [0.2, 0.25) is 0 Å². The zero-order valence-electron chi connectivity index (χ0n) is 9.25. The van der Waals surface area contributed by atoms with Crippen LogP contribution in [0, 0.1) is 4.77 Å². The van der Waals surface area contributed by atoms with E-state index in [2.05, 4.69) is 20.3 Å². The van der Waals surface area contributed by atoms with Gasteiger partial charge in [-0.3, -0.25) is 14.5 Å². The van der Waals surface area contributed by atoms with E-state index in [0.717, 1.165) is 0 Å². The number of aromatic amines is 2.